The number of alkyl halides is 3. The van der Waals surface area contributed by atoms with Crippen molar-refractivity contribution in [3.63, 3.8) is 0 Å². The van der Waals surface area contributed by atoms with Gasteiger partial charge in [-0.2, -0.15) is 13.2 Å². The fourth-order valence-corrected chi connectivity index (χ4v) is 1.14. The fraction of sp³-hybridized carbons (Fsp3) is 0.429. The largest absolute Gasteiger partial charge is 0.468 e. The summed E-state index contributed by atoms with van der Waals surface area (Å²) < 4.78 is 41.3. The summed E-state index contributed by atoms with van der Waals surface area (Å²) in [6.07, 6.45) is -3.40. The maximum atomic E-state index is 12.0. The number of nitrogens with two attached hydrogens (primary N) is 1. The van der Waals surface area contributed by atoms with Crippen molar-refractivity contribution < 1.29 is 17.6 Å². The number of rotatable bonds is 2. The van der Waals surface area contributed by atoms with Crippen molar-refractivity contribution in [3.8, 4) is 0 Å². The third kappa shape index (κ3) is 3.04. The van der Waals surface area contributed by atoms with E-state index in [9.17, 15) is 13.2 Å². The maximum Gasteiger partial charge on any atom is 0.404 e. The van der Waals surface area contributed by atoms with Crippen molar-refractivity contribution in [1.29, 1.82) is 0 Å². The quantitative estimate of drug-likeness (QED) is 0.884. The van der Waals surface area contributed by atoms with Crippen LogP contribution in [0.15, 0.2) is 21.2 Å². The molecule has 1 atom stereocenters. The van der Waals surface area contributed by atoms with Crippen LogP contribution < -0.4 is 5.73 Å². The lowest BCUT2D eigenvalue weighted by Crippen LogP contribution is -2.38. The second kappa shape index (κ2) is 3.71. The summed E-state index contributed by atoms with van der Waals surface area (Å²) in [7, 11) is 0. The average molecular weight is 258 g/mol. The summed E-state index contributed by atoms with van der Waals surface area (Å²) in [4.78, 5) is 0. The average Bonchev–Trinajstić information content (AvgIpc) is 2.33. The van der Waals surface area contributed by atoms with E-state index >= 15 is 0 Å². The van der Waals surface area contributed by atoms with Crippen LogP contribution in [0.2, 0.25) is 0 Å². The highest BCUT2D eigenvalue weighted by Gasteiger charge is 2.37. The van der Waals surface area contributed by atoms with E-state index < -0.39 is 12.2 Å². The molecule has 13 heavy (non-hydrogen) atoms. The number of hydrogen-bond acceptors (Lipinski definition) is 2. The van der Waals surface area contributed by atoms with Crippen LogP contribution in [0.1, 0.15) is 5.76 Å². The van der Waals surface area contributed by atoms with Gasteiger partial charge in [-0.25, -0.2) is 0 Å². The molecule has 0 aliphatic heterocycles. The van der Waals surface area contributed by atoms with E-state index in [4.69, 9.17) is 10.2 Å². The molecule has 0 aliphatic carbocycles. The van der Waals surface area contributed by atoms with Gasteiger partial charge in [-0.3, -0.25) is 0 Å². The Morgan fingerprint density at radius 3 is 2.54 bits per heavy atom. The summed E-state index contributed by atoms with van der Waals surface area (Å²) in [6.45, 7) is 0. The second-order valence-corrected chi connectivity index (χ2v) is 3.50. The molecule has 0 amide bonds. The molecule has 74 valence electrons. The molecule has 2 nitrogen and oxygen atoms in total. The Morgan fingerprint density at radius 2 is 2.15 bits per heavy atom. The van der Waals surface area contributed by atoms with Crippen LogP contribution in [-0.2, 0) is 6.42 Å². The molecule has 1 aromatic heterocycles. The molecule has 0 saturated heterocycles. The first-order chi connectivity index (χ1) is 5.89. The molecule has 1 unspecified atom stereocenters. The van der Waals surface area contributed by atoms with E-state index in [0.29, 0.717) is 4.47 Å². The van der Waals surface area contributed by atoms with Gasteiger partial charge in [-0.05, 0) is 22.0 Å². The molecule has 1 heterocycles. The van der Waals surface area contributed by atoms with Gasteiger partial charge in [0.1, 0.15) is 18.1 Å². The highest BCUT2D eigenvalue weighted by atomic mass is 79.9. The topological polar surface area (TPSA) is 39.2 Å². The molecule has 0 aliphatic rings. The smallest absolute Gasteiger partial charge is 0.404 e. The summed E-state index contributed by atoms with van der Waals surface area (Å²) >= 11 is 3.06. The van der Waals surface area contributed by atoms with Crippen molar-refractivity contribution in [3.05, 3.63) is 22.6 Å². The van der Waals surface area contributed by atoms with Crippen LogP contribution in [0.5, 0.6) is 0 Å². The standard InChI is InChI=1S/C7H7BrF3NO/c8-4-1-5(13-3-4)2-6(12)7(9,10)11/h1,3,6H,2,12H2. The molecule has 0 bridgehead atoms. The predicted octanol–water partition coefficient (Wildman–Crippen LogP) is 2.47. The molecule has 6 heteroatoms. The molecule has 1 aromatic rings. The minimum atomic E-state index is -4.38. The van der Waals surface area contributed by atoms with E-state index in [1.807, 2.05) is 0 Å². The van der Waals surface area contributed by atoms with E-state index in [-0.39, 0.29) is 12.2 Å². The van der Waals surface area contributed by atoms with Crippen LogP contribution in [-0.4, -0.2) is 12.2 Å². The summed E-state index contributed by atoms with van der Waals surface area (Å²) in [5, 5.41) is 0. The van der Waals surface area contributed by atoms with E-state index in [1.54, 1.807) is 0 Å². The lowest BCUT2D eigenvalue weighted by Gasteiger charge is -2.13. The molecule has 0 fully saturated rings. The maximum absolute atomic E-state index is 12.0. The van der Waals surface area contributed by atoms with Gasteiger partial charge in [0, 0.05) is 6.42 Å². The molecule has 2 N–H and O–H groups in total. The minimum Gasteiger partial charge on any atom is -0.468 e. The normalized spacial score (nSPS) is 14.5. The van der Waals surface area contributed by atoms with E-state index in [1.165, 1.54) is 12.3 Å². The van der Waals surface area contributed by atoms with Gasteiger partial charge in [-0.1, -0.05) is 0 Å². The summed E-state index contributed by atoms with van der Waals surface area (Å²) in [5.74, 6) is 0.219. The van der Waals surface area contributed by atoms with Crippen LogP contribution in [0.4, 0.5) is 13.2 Å². The molecular weight excluding hydrogens is 251 g/mol. The highest BCUT2D eigenvalue weighted by molar-refractivity contribution is 9.10. The zero-order valence-corrected chi connectivity index (χ0v) is 8.02. The van der Waals surface area contributed by atoms with Gasteiger partial charge in [0.05, 0.1) is 4.47 Å². The van der Waals surface area contributed by atoms with Crippen LogP contribution >= 0.6 is 15.9 Å². The second-order valence-electron chi connectivity index (χ2n) is 2.58. The molecule has 1 rings (SSSR count). The van der Waals surface area contributed by atoms with E-state index in [0.717, 1.165) is 0 Å². The SMILES string of the molecule is NC(Cc1cc(Br)co1)C(F)(F)F. The number of halogens is 4. The Kier molecular flexibility index (Phi) is 3.02. The number of furan rings is 1. The van der Waals surface area contributed by atoms with Gasteiger partial charge in [0.25, 0.3) is 0 Å². The van der Waals surface area contributed by atoms with Crippen molar-refractivity contribution >= 4 is 15.9 Å². The molecule has 0 saturated carbocycles. The van der Waals surface area contributed by atoms with Crippen LogP contribution in [0.3, 0.4) is 0 Å². The molecule has 0 aromatic carbocycles. The zero-order chi connectivity index (χ0) is 10.1. The Bertz CT molecular complexity index is 284. The van der Waals surface area contributed by atoms with Crippen LogP contribution in [0, 0.1) is 0 Å². The Labute approximate surface area is 81.0 Å². The molecular formula is C7H7BrF3NO. The Morgan fingerprint density at radius 1 is 1.54 bits per heavy atom. The van der Waals surface area contributed by atoms with Gasteiger partial charge in [0.2, 0.25) is 0 Å². The summed E-state index contributed by atoms with van der Waals surface area (Å²) in [6, 6.07) is -0.406. The van der Waals surface area contributed by atoms with Crippen molar-refractivity contribution in [2.45, 2.75) is 18.6 Å². The Balaban J connectivity index is 2.60. The van der Waals surface area contributed by atoms with Crippen molar-refractivity contribution in [2.75, 3.05) is 0 Å². The zero-order valence-electron chi connectivity index (χ0n) is 6.44. The van der Waals surface area contributed by atoms with E-state index in [2.05, 4.69) is 15.9 Å². The lowest BCUT2D eigenvalue weighted by molar-refractivity contribution is -0.147. The van der Waals surface area contributed by atoms with Crippen molar-refractivity contribution in [2.24, 2.45) is 5.73 Å². The first-order valence-electron chi connectivity index (χ1n) is 3.45. The third-order valence-corrected chi connectivity index (χ3v) is 1.88. The number of hydrogen-bond donors (Lipinski definition) is 1. The molecule has 0 spiro atoms. The predicted molar refractivity (Wildman–Crippen MR) is 44.1 cm³/mol. The van der Waals surface area contributed by atoms with Gasteiger partial charge in [0.15, 0.2) is 0 Å². The minimum absolute atomic E-state index is 0.219. The first kappa shape index (κ1) is 10.6. The fourth-order valence-electron chi connectivity index (χ4n) is 0.793. The first-order valence-corrected chi connectivity index (χ1v) is 4.24. The van der Waals surface area contributed by atoms with Gasteiger partial charge in [-0.15, -0.1) is 0 Å². The van der Waals surface area contributed by atoms with Gasteiger partial charge >= 0.3 is 6.18 Å². The Hall–Kier alpha value is -0.490. The third-order valence-electron chi connectivity index (χ3n) is 1.46. The monoisotopic (exact) mass is 257 g/mol. The molecule has 0 radical (unpaired) electrons. The van der Waals surface area contributed by atoms with Crippen molar-refractivity contribution in [1.82, 2.24) is 0 Å². The summed E-state index contributed by atoms with van der Waals surface area (Å²) in [5.41, 5.74) is 4.89. The highest BCUT2D eigenvalue weighted by Crippen LogP contribution is 2.23. The van der Waals surface area contributed by atoms with Gasteiger partial charge < -0.3 is 10.2 Å². The lowest BCUT2D eigenvalue weighted by atomic mass is 10.2. The van der Waals surface area contributed by atoms with Crippen LogP contribution in [0.25, 0.3) is 0 Å².